The minimum atomic E-state index is -0.0748. The van der Waals surface area contributed by atoms with Gasteiger partial charge in [-0.1, -0.05) is 0 Å². The number of benzene rings is 1. The molecule has 6 heteroatoms. The van der Waals surface area contributed by atoms with Crippen molar-refractivity contribution in [2.45, 2.75) is 19.8 Å². The van der Waals surface area contributed by atoms with Gasteiger partial charge in [-0.2, -0.15) is 0 Å². The third kappa shape index (κ3) is 3.18. The lowest BCUT2D eigenvalue weighted by Crippen LogP contribution is -2.33. The molecular weight excluding hydrogens is 306 g/mol. The van der Waals surface area contributed by atoms with Crippen molar-refractivity contribution in [1.29, 1.82) is 0 Å². The van der Waals surface area contributed by atoms with Crippen LogP contribution in [-0.4, -0.2) is 48.1 Å². The van der Waals surface area contributed by atoms with E-state index in [4.69, 9.17) is 9.47 Å². The highest BCUT2D eigenvalue weighted by molar-refractivity contribution is 5.92. The van der Waals surface area contributed by atoms with E-state index in [1.165, 1.54) is 11.1 Å². The van der Waals surface area contributed by atoms with Crippen LogP contribution in [0.4, 0.5) is 0 Å². The molecule has 2 heterocycles. The Bertz CT molecular complexity index is 709. The SMILES string of the molecule is COc1cc2c(cc1OC)CCN(C(=O)c1cnc(C)cn1)CC2. The molecule has 3 rings (SSSR count). The average Bonchev–Trinajstić information content (AvgIpc) is 2.82. The van der Waals surface area contributed by atoms with Gasteiger partial charge in [-0.3, -0.25) is 9.78 Å². The highest BCUT2D eigenvalue weighted by Gasteiger charge is 2.22. The Kier molecular flexibility index (Phi) is 4.64. The zero-order chi connectivity index (χ0) is 17.1. The lowest BCUT2D eigenvalue weighted by molar-refractivity contribution is 0.0756. The summed E-state index contributed by atoms with van der Waals surface area (Å²) in [6.07, 6.45) is 4.72. The van der Waals surface area contributed by atoms with E-state index in [1.807, 2.05) is 24.0 Å². The Hall–Kier alpha value is -2.63. The molecule has 0 spiro atoms. The van der Waals surface area contributed by atoms with E-state index in [0.29, 0.717) is 18.8 Å². The summed E-state index contributed by atoms with van der Waals surface area (Å²) in [5.74, 6) is 1.37. The Morgan fingerprint density at radius 3 is 2.04 bits per heavy atom. The zero-order valence-corrected chi connectivity index (χ0v) is 14.2. The number of aromatic nitrogens is 2. The summed E-state index contributed by atoms with van der Waals surface area (Å²) in [5, 5.41) is 0. The molecule has 0 radical (unpaired) electrons. The number of carbonyl (C=O) groups is 1. The molecule has 1 aliphatic rings. The number of aryl methyl sites for hydroxylation is 1. The third-order valence-corrected chi connectivity index (χ3v) is 4.30. The molecule has 1 aromatic heterocycles. The maximum atomic E-state index is 12.6. The van der Waals surface area contributed by atoms with Crippen molar-refractivity contribution in [3.63, 3.8) is 0 Å². The number of nitrogens with zero attached hydrogens (tertiary/aromatic N) is 3. The second kappa shape index (κ2) is 6.86. The van der Waals surface area contributed by atoms with Gasteiger partial charge >= 0.3 is 0 Å². The summed E-state index contributed by atoms with van der Waals surface area (Å²) in [5.41, 5.74) is 3.58. The van der Waals surface area contributed by atoms with Crippen molar-refractivity contribution >= 4 is 5.91 Å². The molecule has 1 aliphatic heterocycles. The number of carbonyl (C=O) groups excluding carboxylic acids is 1. The van der Waals surface area contributed by atoms with Gasteiger partial charge in [0.05, 0.1) is 26.1 Å². The average molecular weight is 327 g/mol. The van der Waals surface area contributed by atoms with Crippen LogP contribution in [0, 0.1) is 6.92 Å². The van der Waals surface area contributed by atoms with Gasteiger partial charge in [0.1, 0.15) is 5.69 Å². The lowest BCUT2D eigenvalue weighted by atomic mass is 10.0. The molecule has 0 fully saturated rings. The minimum absolute atomic E-state index is 0.0748. The van der Waals surface area contributed by atoms with Crippen molar-refractivity contribution in [2.24, 2.45) is 0 Å². The molecule has 0 unspecified atom stereocenters. The van der Waals surface area contributed by atoms with Crippen molar-refractivity contribution in [3.8, 4) is 11.5 Å². The van der Waals surface area contributed by atoms with Gasteiger partial charge in [0.25, 0.3) is 5.91 Å². The maximum Gasteiger partial charge on any atom is 0.274 e. The topological polar surface area (TPSA) is 64.6 Å². The third-order valence-electron chi connectivity index (χ3n) is 4.30. The highest BCUT2D eigenvalue weighted by Crippen LogP contribution is 2.32. The molecule has 0 N–H and O–H groups in total. The van der Waals surface area contributed by atoms with E-state index in [1.54, 1.807) is 26.6 Å². The molecule has 0 aliphatic carbocycles. The Labute approximate surface area is 141 Å². The highest BCUT2D eigenvalue weighted by atomic mass is 16.5. The van der Waals surface area contributed by atoms with Crippen LogP contribution >= 0.6 is 0 Å². The zero-order valence-electron chi connectivity index (χ0n) is 14.2. The van der Waals surface area contributed by atoms with Gasteiger partial charge in [0.2, 0.25) is 0 Å². The Morgan fingerprint density at radius 1 is 1.00 bits per heavy atom. The lowest BCUT2D eigenvalue weighted by Gasteiger charge is -2.19. The van der Waals surface area contributed by atoms with Crippen LogP contribution in [0.1, 0.15) is 27.3 Å². The van der Waals surface area contributed by atoms with E-state index in [2.05, 4.69) is 9.97 Å². The number of rotatable bonds is 3. The summed E-state index contributed by atoms with van der Waals surface area (Å²) >= 11 is 0. The van der Waals surface area contributed by atoms with E-state index >= 15 is 0 Å². The molecule has 6 nitrogen and oxygen atoms in total. The predicted molar refractivity (Wildman–Crippen MR) is 89.6 cm³/mol. The molecule has 2 aromatic rings. The first-order chi connectivity index (χ1) is 11.6. The predicted octanol–water partition coefficient (Wildman–Crippen LogP) is 2.04. The fourth-order valence-corrected chi connectivity index (χ4v) is 2.92. The number of methoxy groups -OCH3 is 2. The van der Waals surface area contributed by atoms with Crippen LogP contribution < -0.4 is 9.47 Å². The summed E-state index contributed by atoms with van der Waals surface area (Å²) in [4.78, 5) is 22.8. The smallest absolute Gasteiger partial charge is 0.274 e. The van der Waals surface area contributed by atoms with Crippen molar-refractivity contribution in [2.75, 3.05) is 27.3 Å². The van der Waals surface area contributed by atoms with Crippen LogP contribution in [0.5, 0.6) is 11.5 Å². The van der Waals surface area contributed by atoms with Gasteiger partial charge in [0.15, 0.2) is 11.5 Å². The van der Waals surface area contributed by atoms with Gasteiger partial charge in [-0.15, -0.1) is 0 Å². The van der Waals surface area contributed by atoms with Gasteiger partial charge in [0, 0.05) is 19.3 Å². The number of hydrogen-bond acceptors (Lipinski definition) is 5. The summed E-state index contributed by atoms with van der Waals surface area (Å²) in [6, 6.07) is 4.02. The summed E-state index contributed by atoms with van der Waals surface area (Å²) in [7, 11) is 3.26. The van der Waals surface area contributed by atoms with Crippen LogP contribution in [-0.2, 0) is 12.8 Å². The molecule has 1 aromatic carbocycles. The number of fused-ring (bicyclic) bond motifs is 1. The maximum absolute atomic E-state index is 12.6. The van der Waals surface area contributed by atoms with E-state index in [9.17, 15) is 4.79 Å². The quantitative estimate of drug-likeness (QED) is 0.863. The first kappa shape index (κ1) is 16.2. The second-order valence-electron chi connectivity index (χ2n) is 5.81. The molecular formula is C18H21N3O3. The molecule has 24 heavy (non-hydrogen) atoms. The van der Waals surface area contributed by atoms with E-state index < -0.39 is 0 Å². The second-order valence-corrected chi connectivity index (χ2v) is 5.81. The first-order valence-corrected chi connectivity index (χ1v) is 7.94. The van der Waals surface area contributed by atoms with Crippen molar-refractivity contribution < 1.29 is 14.3 Å². The molecule has 0 atom stereocenters. The fraction of sp³-hybridized carbons (Fsp3) is 0.389. The molecule has 1 amide bonds. The van der Waals surface area contributed by atoms with Crippen LogP contribution in [0.3, 0.4) is 0 Å². The van der Waals surface area contributed by atoms with Gasteiger partial charge < -0.3 is 14.4 Å². The minimum Gasteiger partial charge on any atom is -0.493 e. The fourth-order valence-electron chi connectivity index (χ4n) is 2.92. The first-order valence-electron chi connectivity index (χ1n) is 7.94. The molecule has 0 bridgehead atoms. The van der Waals surface area contributed by atoms with E-state index in [-0.39, 0.29) is 5.91 Å². The number of ether oxygens (including phenoxy) is 2. The molecule has 0 saturated heterocycles. The largest absolute Gasteiger partial charge is 0.493 e. The normalized spacial score (nSPS) is 13.9. The number of hydrogen-bond donors (Lipinski definition) is 0. The van der Waals surface area contributed by atoms with Crippen LogP contribution in [0.25, 0.3) is 0 Å². The summed E-state index contributed by atoms with van der Waals surface area (Å²) < 4.78 is 10.7. The molecule has 126 valence electrons. The Morgan fingerprint density at radius 2 is 1.58 bits per heavy atom. The van der Waals surface area contributed by atoms with Crippen LogP contribution in [0.2, 0.25) is 0 Å². The van der Waals surface area contributed by atoms with Gasteiger partial charge in [-0.05, 0) is 43.0 Å². The monoisotopic (exact) mass is 327 g/mol. The van der Waals surface area contributed by atoms with E-state index in [0.717, 1.165) is 30.0 Å². The Balaban J connectivity index is 1.80. The summed E-state index contributed by atoms with van der Waals surface area (Å²) in [6.45, 7) is 3.15. The number of amides is 1. The standard InChI is InChI=1S/C18H21N3O3/c1-12-10-20-15(11-19-12)18(22)21-6-4-13-8-16(23-2)17(24-3)9-14(13)5-7-21/h8-11H,4-7H2,1-3H3. The van der Waals surface area contributed by atoms with Crippen molar-refractivity contribution in [1.82, 2.24) is 14.9 Å². The molecule has 0 saturated carbocycles. The van der Waals surface area contributed by atoms with Gasteiger partial charge in [-0.25, -0.2) is 4.98 Å². The van der Waals surface area contributed by atoms with Crippen LogP contribution in [0.15, 0.2) is 24.5 Å². The van der Waals surface area contributed by atoms with Crippen molar-refractivity contribution in [3.05, 3.63) is 47.0 Å².